The van der Waals surface area contributed by atoms with E-state index in [1.807, 2.05) is 0 Å². The van der Waals surface area contributed by atoms with Crippen LogP contribution in [0.3, 0.4) is 0 Å². The van der Waals surface area contributed by atoms with Gasteiger partial charge >= 0.3 is 17.9 Å². The van der Waals surface area contributed by atoms with Crippen molar-refractivity contribution in [3.8, 4) is 0 Å². The Balaban J connectivity index is 2.65. The zero-order valence-electron chi connectivity index (χ0n) is 20.0. The number of aliphatic hydroxyl groups excluding tert-OH is 1. The molecule has 1 saturated carbocycles. The lowest BCUT2D eigenvalue weighted by Gasteiger charge is -2.41. The molecule has 2 N–H and O–H groups in total. The molecule has 2 fully saturated rings. The van der Waals surface area contributed by atoms with E-state index in [0.29, 0.717) is 0 Å². The van der Waals surface area contributed by atoms with Crippen molar-refractivity contribution in [2.24, 2.45) is 17.8 Å². The zero-order chi connectivity index (χ0) is 25.2. The third kappa shape index (κ3) is 5.70. The first-order chi connectivity index (χ1) is 15.2. The van der Waals surface area contributed by atoms with Gasteiger partial charge in [-0.3, -0.25) is 9.59 Å². The van der Waals surface area contributed by atoms with Crippen molar-refractivity contribution < 1.29 is 43.6 Å². The summed E-state index contributed by atoms with van der Waals surface area (Å²) in [6.07, 6.45) is -4.20. The predicted octanol–water partition coefficient (Wildman–Crippen LogP) is 1.64. The lowest BCUT2D eigenvalue weighted by molar-refractivity contribution is -0.195. The van der Waals surface area contributed by atoms with Crippen LogP contribution in [0.25, 0.3) is 0 Å². The van der Waals surface area contributed by atoms with Crippen molar-refractivity contribution >= 4 is 23.7 Å². The topological polar surface area (TPSA) is 136 Å². The smallest absolute Gasteiger partial charge is 0.334 e. The first-order valence-electron chi connectivity index (χ1n) is 11.1. The number of allylic oxidation sites excluding steroid dienone is 1. The Morgan fingerprint density at radius 2 is 1.88 bits per heavy atom. The molecule has 0 bridgehead atoms. The molecule has 0 aromatic rings. The van der Waals surface area contributed by atoms with Gasteiger partial charge in [0, 0.05) is 23.5 Å². The van der Waals surface area contributed by atoms with E-state index in [9.17, 15) is 29.4 Å². The number of ketones is 1. The van der Waals surface area contributed by atoms with E-state index in [-0.39, 0.29) is 24.0 Å². The summed E-state index contributed by atoms with van der Waals surface area (Å²) in [5, 5.41) is 21.9. The molecule has 0 spiro atoms. The van der Waals surface area contributed by atoms with E-state index in [2.05, 4.69) is 6.58 Å². The molecule has 1 aliphatic heterocycles. The molecule has 184 valence electrons. The average Bonchev–Trinajstić information content (AvgIpc) is 3.01. The second-order valence-corrected chi connectivity index (χ2v) is 9.48. The van der Waals surface area contributed by atoms with Gasteiger partial charge < -0.3 is 24.4 Å². The molecule has 1 heterocycles. The minimum atomic E-state index is -1.84. The van der Waals surface area contributed by atoms with Crippen LogP contribution in [-0.2, 0) is 33.4 Å². The summed E-state index contributed by atoms with van der Waals surface area (Å²) >= 11 is 0. The average molecular weight is 467 g/mol. The van der Waals surface area contributed by atoms with E-state index in [0.717, 1.165) is 0 Å². The van der Waals surface area contributed by atoms with Gasteiger partial charge in [0.25, 0.3) is 0 Å². The fraction of sp³-hybridized carbons (Fsp3) is 0.667. The summed E-state index contributed by atoms with van der Waals surface area (Å²) in [5.74, 6) is -5.31. The van der Waals surface area contributed by atoms with Gasteiger partial charge in [0.1, 0.15) is 5.60 Å². The Hall–Kier alpha value is -2.52. The van der Waals surface area contributed by atoms with Crippen molar-refractivity contribution in [3.05, 3.63) is 23.8 Å². The third-order valence-corrected chi connectivity index (χ3v) is 6.24. The molecule has 33 heavy (non-hydrogen) atoms. The minimum absolute atomic E-state index is 0.0298. The Morgan fingerprint density at radius 3 is 2.42 bits per heavy atom. The molecular weight excluding hydrogens is 432 g/mol. The molecule has 0 amide bonds. The lowest BCUT2D eigenvalue weighted by Crippen LogP contribution is -2.57. The van der Waals surface area contributed by atoms with Crippen LogP contribution >= 0.6 is 0 Å². The van der Waals surface area contributed by atoms with Gasteiger partial charge in [0.2, 0.25) is 0 Å². The van der Waals surface area contributed by atoms with E-state index >= 15 is 0 Å². The number of hydrogen-bond acceptors (Lipinski definition) is 9. The van der Waals surface area contributed by atoms with Crippen LogP contribution in [0.5, 0.6) is 0 Å². The fourth-order valence-electron chi connectivity index (χ4n) is 4.14. The monoisotopic (exact) mass is 466 g/mol. The van der Waals surface area contributed by atoms with Crippen molar-refractivity contribution in [3.63, 3.8) is 0 Å². The van der Waals surface area contributed by atoms with Crippen LogP contribution in [0.15, 0.2) is 23.8 Å². The summed E-state index contributed by atoms with van der Waals surface area (Å²) in [5.41, 5.74) is -1.72. The molecule has 0 aromatic heterocycles. The molecule has 4 unspecified atom stereocenters. The Labute approximate surface area is 193 Å². The number of carbonyl (C=O) groups is 4. The Kier molecular flexibility index (Phi) is 8.24. The maximum absolute atomic E-state index is 13.3. The van der Waals surface area contributed by atoms with Gasteiger partial charge in [-0.2, -0.15) is 0 Å². The van der Waals surface area contributed by atoms with Crippen molar-refractivity contribution in [1.29, 1.82) is 0 Å². The number of Topliss-reactive ketones (excluding diaryl/α,β-unsaturated/α-hetero) is 1. The molecule has 7 atom stereocenters. The second-order valence-electron chi connectivity index (χ2n) is 9.48. The number of carbonyl (C=O) groups excluding carboxylic acids is 4. The highest BCUT2D eigenvalue weighted by Crippen LogP contribution is 2.41. The molecular formula is C24H34O9. The molecule has 0 aromatic carbocycles. The van der Waals surface area contributed by atoms with Crippen LogP contribution in [0, 0.1) is 17.8 Å². The highest BCUT2D eigenvalue weighted by Gasteiger charge is 2.57. The summed E-state index contributed by atoms with van der Waals surface area (Å²) in [6, 6.07) is 0. The number of esters is 3. The summed E-state index contributed by atoms with van der Waals surface area (Å²) in [6.45, 7) is 13.0. The fourth-order valence-corrected chi connectivity index (χ4v) is 4.14. The second kappa shape index (κ2) is 10.2. The zero-order valence-corrected chi connectivity index (χ0v) is 20.0. The molecule has 9 nitrogen and oxygen atoms in total. The van der Waals surface area contributed by atoms with Gasteiger partial charge in [-0.1, -0.05) is 33.4 Å². The third-order valence-electron chi connectivity index (χ3n) is 6.24. The number of rotatable bonds is 4. The quantitative estimate of drug-likeness (QED) is 0.360. The first-order valence-corrected chi connectivity index (χ1v) is 11.1. The minimum Gasteiger partial charge on any atom is -0.454 e. The molecule has 9 heteroatoms. The Morgan fingerprint density at radius 1 is 1.27 bits per heavy atom. The largest absolute Gasteiger partial charge is 0.454 e. The van der Waals surface area contributed by atoms with Crippen molar-refractivity contribution in [1.82, 2.24) is 0 Å². The highest BCUT2D eigenvalue weighted by molar-refractivity contribution is 5.95. The SMILES string of the molecule is C=C1C(=O)OC2C1[C@H](OC(=O)C(C)C)C(=O)C(C)C[C@H](O)C[C@](C)(O)C2OC(=O)/C(C)=C\C. The standard InChI is InChI=1S/C24H34O9/c1-8-12(4)22(28)33-20-19-16(14(6)23(29)32-19)18(31-21(27)11(2)3)17(26)13(5)9-15(25)10-24(20,7)30/h8,11,13,15-16,18-20,25,30H,6,9-10H2,1-5,7H3/b12-8-/t13?,15-,16?,18-,19?,20?,24-/m0/s1. The van der Waals surface area contributed by atoms with Gasteiger partial charge in [-0.15, -0.1) is 0 Å². The van der Waals surface area contributed by atoms with Crippen molar-refractivity contribution in [2.75, 3.05) is 0 Å². The van der Waals surface area contributed by atoms with Gasteiger partial charge in [-0.25, -0.2) is 9.59 Å². The number of fused-ring (bicyclic) bond motifs is 1. The van der Waals surface area contributed by atoms with Crippen LogP contribution in [0.1, 0.15) is 54.4 Å². The van der Waals surface area contributed by atoms with E-state index in [4.69, 9.17) is 14.2 Å². The van der Waals surface area contributed by atoms with Gasteiger partial charge in [0.05, 0.1) is 17.9 Å². The number of aliphatic hydroxyl groups is 2. The maximum atomic E-state index is 13.3. The molecule has 2 rings (SSSR count). The molecule has 2 aliphatic rings. The van der Waals surface area contributed by atoms with Gasteiger partial charge in [0.15, 0.2) is 24.1 Å². The van der Waals surface area contributed by atoms with Crippen LogP contribution in [0.2, 0.25) is 0 Å². The van der Waals surface area contributed by atoms with Crippen LogP contribution < -0.4 is 0 Å². The molecule has 1 saturated heterocycles. The highest BCUT2D eigenvalue weighted by atomic mass is 16.6. The summed E-state index contributed by atoms with van der Waals surface area (Å²) in [4.78, 5) is 50.9. The van der Waals surface area contributed by atoms with E-state index in [1.165, 1.54) is 19.9 Å². The van der Waals surface area contributed by atoms with E-state index in [1.54, 1.807) is 27.7 Å². The normalized spacial score (nSPS) is 35.7. The Bertz CT molecular complexity index is 854. The number of ether oxygens (including phenoxy) is 3. The summed E-state index contributed by atoms with van der Waals surface area (Å²) < 4.78 is 16.5. The van der Waals surface area contributed by atoms with Gasteiger partial charge in [-0.05, 0) is 27.2 Å². The number of hydrogen-bond donors (Lipinski definition) is 2. The maximum Gasteiger partial charge on any atom is 0.334 e. The predicted molar refractivity (Wildman–Crippen MR) is 117 cm³/mol. The van der Waals surface area contributed by atoms with Crippen LogP contribution in [0.4, 0.5) is 0 Å². The lowest BCUT2D eigenvalue weighted by atomic mass is 9.75. The van der Waals surface area contributed by atoms with E-state index < -0.39 is 71.5 Å². The van der Waals surface area contributed by atoms with Crippen molar-refractivity contribution in [2.45, 2.75) is 84.4 Å². The summed E-state index contributed by atoms with van der Waals surface area (Å²) in [7, 11) is 0. The van der Waals surface area contributed by atoms with Crippen LogP contribution in [-0.4, -0.2) is 63.9 Å². The molecule has 0 radical (unpaired) electrons. The first kappa shape index (κ1) is 26.7. The molecule has 1 aliphatic carbocycles.